The Hall–Kier alpha value is -2.87. The molecule has 3 aromatic rings. The van der Waals surface area contributed by atoms with Gasteiger partial charge in [-0.05, 0) is 60.8 Å². The first-order chi connectivity index (χ1) is 15.7. The second kappa shape index (κ2) is 9.32. The molecule has 32 heavy (non-hydrogen) atoms. The topological polar surface area (TPSA) is 20.3 Å². The van der Waals surface area contributed by atoms with Crippen LogP contribution in [-0.2, 0) is 24.2 Å². The molecule has 3 aromatic carbocycles. The lowest BCUT2D eigenvalue weighted by atomic mass is 9.83. The summed E-state index contributed by atoms with van der Waals surface area (Å²) in [5.41, 5.74) is 6.47. The molecule has 0 saturated heterocycles. The molecule has 2 heteroatoms. The number of carbonyl (C=O) groups is 1. The van der Waals surface area contributed by atoms with Crippen LogP contribution in [0, 0.1) is 12.8 Å². The van der Waals surface area contributed by atoms with Crippen molar-refractivity contribution in [3.8, 4) is 0 Å². The van der Waals surface area contributed by atoms with E-state index < -0.39 is 0 Å². The highest BCUT2D eigenvalue weighted by atomic mass is 16.2. The summed E-state index contributed by atoms with van der Waals surface area (Å²) in [4.78, 5) is 16.6. The minimum Gasteiger partial charge on any atom is -0.334 e. The van der Waals surface area contributed by atoms with Gasteiger partial charge in [-0.1, -0.05) is 97.3 Å². The molecule has 5 rings (SSSR count). The first-order valence-corrected chi connectivity index (χ1v) is 12.2. The molecule has 0 aromatic heterocycles. The van der Waals surface area contributed by atoms with Crippen molar-refractivity contribution in [1.29, 1.82) is 0 Å². The summed E-state index contributed by atoms with van der Waals surface area (Å²) in [6, 6.07) is 28.2. The maximum atomic E-state index is 14.4. The van der Waals surface area contributed by atoms with Crippen molar-refractivity contribution in [2.75, 3.05) is 0 Å². The molecule has 2 aliphatic carbocycles. The lowest BCUT2D eigenvalue weighted by Gasteiger charge is -2.35. The average molecular weight is 424 g/mol. The highest BCUT2D eigenvalue weighted by molar-refractivity contribution is 5.84. The van der Waals surface area contributed by atoms with Gasteiger partial charge in [0, 0.05) is 12.6 Å². The van der Waals surface area contributed by atoms with Crippen molar-refractivity contribution in [2.45, 2.75) is 64.0 Å². The molecule has 1 fully saturated rings. The van der Waals surface area contributed by atoms with E-state index in [0.29, 0.717) is 18.4 Å². The van der Waals surface area contributed by atoms with Crippen molar-refractivity contribution in [2.24, 2.45) is 5.92 Å². The van der Waals surface area contributed by atoms with Gasteiger partial charge in [0.1, 0.15) is 0 Å². The number of nitrogens with zero attached hydrogens (tertiary/aromatic N) is 1. The molecule has 1 atom stereocenters. The smallest absolute Gasteiger partial charge is 0.230 e. The Morgan fingerprint density at radius 3 is 2.06 bits per heavy atom. The van der Waals surface area contributed by atoms with E-state index in [1.165, 1.54) is 40.7 Å². The zero-order valence-electron chi connectivity index (χ0n) is 19.0. The van der Waals surface area contributed by atoms with E-state index in [2.05, 4.69) is 90.7 Å². The number of rotatable bonds is 6. The maximum absolute atomic E-state index is 14.4. The van der Waals surface area contributed by atoms with Gasteiger partial charge in [-0.2, -0.15) is 0 Å². The Labute approximate surface area is 192 Å². The third kappa shape index (κ3) is 4.37. The van der Waals surface area contributed by atoms with E-state index in [1.807, 2.05) is 0 Å². The van der Waals surface area contributed by atoms with Gasteiger partial charge in [0.05, 0.1) is 5.92 Å². The highest BCUT2D eigenvalue weighted by Gasteiger charge is 2.38. The molecule has 164 valence electrons. The van der Waals surface area contributed by atoms with E-state index in [4.69, 9.17) is 0 Å². The van der Waals surface area contributed by atoms with Crippen LogP contribution in [-0.4, -0.2) is 16.8 Å². The van der Waals surface area contributed by atoms with Crippen molar-refractivity contribution in [3.63, 3.8) is 0 Å². The van der Waals surface area contributed by atoms with Crippen molar-refractivity contribution in [3.05, 3.63) is 107 Å². The van der Waals surface area contributed by atoms with Crippen LogP contribution in [0.2, 0.25) is 0 Å². The number of fused-ring (bicyclic) bond motifs is 1. The maximum Gasteiger partial charge on any atom is 0.230 e. The Morgan fingerprint density at radius 2 is 1.44 bits per heavy atom. The van der Waals surface area contributed by atoms with E-state index in [0.717, 1.165) is 25.7 Å². The summed E-state index contributed by atoms with van der Waals surface area (Å²) in [5.74, 6) is 0.739. The van der Waals surface area contributed by atoms with Crippen LogP contribution in [0.25, 0.3) is 0 Å². The van der Waals surface area contributed by atoms with Gasteiger partial charge in [-0.25, -0.2) is 0 Å². The fourth-order valence-corrected chi connectivity index (χ4v) is 5.78. The summed E-state index contributed by atoms with van der Waals surface area (Å²) in [5, 5.41) is 0. The Morgan fingerprint density at radius 1 is 0.844 bits per heavy atom. The average Bonchev–Trinajstić information content (AvgIpc) is 3.49. The monoisotopic (exact) mass is 423 g/mol. The molecule has 0 N–H and O–H groups in total. The standard InChI is InChI=1S/C30H33NO/c1-22-15-17-23(18-16-22)21-31(28-19-26-13-7-8-14-27(26)20-28)30(32)29(25-11-5-6-12-25)24-9-3-2-4-10-24/h2-4,7-10,13-18,25,28-29H,5-6,11-12,19-21H2,1H3. The van der Waals surface area contributed by atoms with Gasteiger partial charge in [-0.3, -0.25) is 4.79 Å². The van der Waals surface area contributed by atoms with Crippen LogP contribution in [0.3, 0.4) is 0 Å². The normalized spacial score (nSPS) is 17.3. The summed E-state index contributed by atoms with van der Waals surface area (Å²) < 4.78 is 0. The van der Waals surface area contributed by atoms with Crippen molar-refractivity contribution < 1.29 is 4.79 Å². The molecule has 1 amide bonds. The molecule has 0 bridgehead atoms. The largest absolute Gasteiger partial charge is 0.334 e. The molecule has 1 unspecified atom stereocenters. The van der Waals surface area contributed by atoms with Gasteiger partial charge in [0.15, 0.2) is 0 Å². The molecule has 0 radical (unpaired) electrons. The highest BCUT2D eigenvalue weighted by Crippen LogP contribution is 2.40. The Balaban J connectivity index is 1.49. The number of amides is 1. The Kier molecular flexibility index (Phi) is 6.12. The lowest BCUT2D eigenvalue weighted by molar-refractivity contribution is -0.137. The Bertz CT molecular complexity index is 1020. The van der Waals surface area contributed by atoms with Crippen LogP contribution in [0.5, 0.6) is 0 Å². The van der Waals surface area contributed by atoms with Crippen LogP contribution in [0.15, 0.2) is 78.9 Å². The van der Waals surface area contributed by atoms with Gasteiger partial charge in [0.25, 0.3) is 0 Å². The lowest BCUT2D eigenvalue weighted by Crippen LogP contribution is -2.44. The molecular weight excluding hydrogens is 390 g/mol. The number of hydrogen-bond acceptors (Lipinski definition) is 1. The van der Waals surface area contributed by atoms with E-state index in [9.17, 15) is 4.79 Å². The second-order valence-corrected chi connectivity index (χ2v) is 9.72. The van der Waals surface area contributed by atoms with Gasteiger partial charge in [0.2, 0.25) is 5.91 Å². The first kappa shape index (κ1) is 21.0. The van der Waals surface area contributed by atoms with Gasteiger partial charge in [-0.15, -0.1) is 0 Å². The van der Waals surface area contributed by atoms with Crippen LogP contribution < -0.4 is 0 Å². The predicted octanol–water partition coefficient (Wildman–Crippen LogP) is 6.47. The number of benzene rings is 3. The third-order valence-electron chi connectivity index (χ3n) is 7.52. The minimum atomic E-state index is -0.0344. The molecular formula is C30H33NO. The number of hydrogen-bond donors (Lipinski definition) is 0. The zero-order chi connectivity index (χ0) is 21.9. The molecule has 0 spiro atoms. The van der Waals surface area contributed by atoms with Crippen LogP contribution in [0.4, 0.5) is 0 Å². The number of aryl methyl sites for hydroxylation is 1. The van der Waals surface area contributed by atoms with Gasteiger partial charge < -0.3 is 4.90 Å². The predicted molar refractivity (Wildman–Crippen MR) is 131 cm³/mol. The van der Waals surface area contributed by atoms with Crippen LogP contribution in [0.1, 0.15) is 59.4 Å². The van der Waals surface area contributed by atoms with Crippen molar-refractivity contribution >= 4 is 5.91 Å². The quantitative estimate of drug-likeness (QED) is 0.445. The third-order valence-corrected chi connectivity index (χ3v) is 7.52. The van der Waals surface area contributed by atoms with Gasteiger partial charge >= 0.3 is 0 Å². The summed E-state index contributed by atoms with van der Waals surface area (Å²) in [6.45, 7) is 2.81. The fourth-order valence-electron chi connectivity index (χ4n) is 5.78. The second-order valence-electron chi connectivity index (χ2n) is 9.72. The van der Waals surface area contributed by atoms with E-state index in [-0.39, 0.29) is 12.0 Å². The van der Waals surface area contributed by atoms with E-state index >= 15 is 0 Å². The van der Waals surface area contributed by atoms with Crippen molar-refractivity contribution in [1.82, 2.24) is 4.90 Å². The SMILES string of the molecule is Cc1ccc(CN(C(=O)C(c2ccccc2)C2CCCC2)C2Cc3ccccc3C2)cc1. The fraction of sp³-hybridized carbons (Fsp3) is 0.367. The summed E-state index contributed by atoms with van der Waals surface area (Å²) in [7, 11) is 0. The summed E-state index contributed by atoms with van der Waals surface area (Å²) >= 11 is 0. The summed E-state index contributed by atoms with van der Waals surface area (Å²) in [6.07, 6.45) is 6.73. The molecule has 2 aliphatic rings. The molecule has 1 saturated carbocycles. The molecule has 2 nitrogen and oxygen atoms in total. The number of carbonyl (C=O) groups excluding carboxylic acids is 1. The zero-order valence-corrected chi connectivity index (χ0v) is 19.0. The van der Waals surface area contributed by atoms with E-state index in [1.54, 1.807) is 0 Å². The molecule has 0 heterocycles. The minimum absolute atomic E-state index is 0.0344. The first-order valence-electron chi connectivity index (χ1n) is 12.2. The molecule has 0 aliphatic heterocycles. The van der Waals surface area contributed by atoms with Crippen LogP contribution >= 0.6 is 0 Å².